The predicted molar refractivity (Wildman–Crippen MR) is 169 cm³/mol. The fourth-order valence-corrected chi connectivity index (χ4v) is 4.47. The highest BCUT2D eigenvalue weighted by Gasteiger charge is 2.18. The monoisotopic (exact) mass is 548 g/mol. The fourth-order valence-electron chi connectivity index (χ4n) is 4.47. The van der Waals surface area contributed by atoms with E-state index >= 15 is 0 Å². The average molecular weight is 549 g/mol. The van der Waals surface area contributed by atoms with Gasteiger partial charge in [-0.25, -0.2) is 0 Å². The molecule has 41 heavy (non-hydrogen) atoms. The number of benzene rings is 4. The van der Waals surface area contributed by atoms with Crippen molar-refractivity contribution >= 4 is 40.3 Å². The molecule has 208 valence electrons. The summed E-state index contributed by atoms with van der Waals surface area (Å²) < 4.78 is 1.25. The number of nitrogens with one attached hydrogen (secondary N) is 2. The molecule has 0 aliphatic heterocycles. The molecule has 4 N–H and O–H groups in total. The van der Waals surface area contributed by atoms with Crippen molar-refractivity contribution in [2.24, 2.45) is 0 Å². The SMILES string of the molecule is C[N+](C)(C)c1ccc(NC(=O)c2ccc(-c3ccc(C(=O)Nc4ccc([N+](C)(C)C)c(N)c4)cc3C#N)cc2)cc1. The van der Waals surface area contributed by atoms with Crippen LogP contribution in [0.3, 0.4) is 0 Å². The Balaban J connectivity index is 1.47. The Labute approximate surface area is 241 Å². The average Bonchev–Trinajstić information content (AvgIpc) is 2.92. The third-order valence-electron chi connectivity index (χ3n) is 6.77. The molecule has 0 fully saturated rings. The summed E-state index contributed by atoms with van der Waals surface area (Å²) in [5.41, 5.74) is 12.8. The van der Waals surface area contributed by atoms with E-state index in [-0.39, 0.29) is 11.8 Å². The van der Waals surface area contributed by atoms with Crippen molar-refractivity contribution in [2.45, 2.75) is 0 Å². The van der Waals surface area contributed by atoms with Crippen molar-refractivity contribution in [1.29, 1.82) is 5.26 Å². The van der Waals surface area contributed by atoms with Crippen molar-refractivity contribution < 1.29 is 9.59 Å². The first-order chi connectivity index (χ1) is 19.3. The van der Waals surface area contributed by atoms with Crippen molar-refractivity contribution in [3.63, 3.8) is 0 Å². The van der Waals surface area contributed by atoms with Crippen LogP contribution >= 0.6 is 0 Å². The summed E-state index contributed by atoms with van der Waals surface area (Å²) in [6.07, 6.45) is 0. The number of amides is 2. The van der Waals surface area contributed by atoms with Crippen LogP contribution in [0.4, 0.5) is 28.4 Å². The summed E-state index contributed by atoms with van der Waals surface area (Å²) in [5.74, 6) is -0.566. The lowest BCUT2D eigenvalue weighted by Crippen LogP contribution is -2.35. The Bertz CT molecular complexity index is 1640. The summed E-state index contributed by atoms with van der Waals surface area (Å²) in [6.45, 7) is 0. The summed E-state index contributed by atoms with van der Waals surface area (Å²) >= 11 is 0. The van der Waals surface area contributed by atoms with Crippen LogP contribution in [0.1, 0.15) is 26.3 Å². The van der Waals surface area contributed by atoms with Gasteiger partial charge >= 0.3 is 0 Å². The van der Waals surface area contributed by atoms with Gasteiger partial charge in [0.2, 0.25) is 0 Å². The molecule has 0 aromatic heterocycles. The quantitative estimate of drug-likeness (QED) is 0.203. The highest BCUT2D eigenvalue weighted by atomic mass is 16.2. The van der Waals surface area contributed by atoms with Gasteiger partial charge in [-0.1, -0.05) is 18.2 Å². The topological polar surface area (TPSA) is 108 Å². The van der Waals surface area contributed by atoms with Crippen molar-refractivity contribution in [3.05, 3.63) is 102 Å². The number of hydrogen-bond acceptors (Lipinski definition) is 4. The minimum absolute atomic E-state index is 0.225. The van der Waals surface area contributed by atoms with E-state index in [1.165, 1.54) is 0 Å². The molecule has 0 bridgehead atoms. The molecule has 8 nitrogen and oxygen atoms in total. The zero-order valence-corrected chi connectivity index (χ0v) is 24.3. The molecule has 4 rings (SSSR count). The second kappa shape index (κ2) is 11.3. The number of anilines is 3. The smallest absolute Gasteiger partial charge is 0.255 e. The molecule has 0 saturated heterocycles. The molecular formula is C33H36N6O2+2. The lowest BCUT2D eigenvalue weighted by Gasteiger charge is -2.25. The second-order valence-electron chi connectivity index (χ2n) is 11.7. The molecule has 0 spiro atoms. The molecule has 2 amide bonds. The minimum atomic E-state index is -0.341. The van der Waals surface area contributed by atoms with Crippen LogP contribution in [0.5, 0.6) is 0 Å². The van der Waals surface area contributed by atoms with Crippen molar-refractivity contribution in [3.8, 4) is 17.2 Å². The van der Waals surface area contributed by atoms with E-state index in [0.717, 1.165) is 16.9 Å². The van der Waals surface area contributed by atoms with E-state index in [0.29, 0.717) is 48.3 Å². The Kier molecular flexibility index (Phi) is 7.97. The normalized spacial score (nSPS) is 11.4. The summed E-state index contributed by atoms with van der Waals surface area (Å²) in [4.78, 5) is 25.8. The van der Waals surface area contributed by atoms with Gasteiger partial charge in [-0.2, -0.15) is 5.26 Å². The highest BCUT2D eigenvalue weighted by molar-refractivity contribution is 6.06. The van der Waals surface area contributed by atoms with Gasteiger partial charge in [0.15, 0.2) is 5.69 Å². The van der Waals surface area contributed by atoms with E-state index < -0.39 is 0 Å². The van der Waals surface area contributed by atoms with Crippen LogP contribution in [0.2, 0.25) is 0 Å². The number of nitrogen functional groups attached to an aromatic ring is 1. The molecule has 0 heterocycles. The lowest BCUT2D eigenvalue weighted by molar-refractivity contribution is 0.101. The number of nitriles is 1. The maximum absolute atomic E-state index is 12.9. The molecule has 0 aliphatic rings. The number of carbonyl (C=O) groups excluding carboxylic acids is 2. The third kappa shape index (κ3) is 6.79. The van der Waals surface area contributed by atoms with Gasteiger partial charge < -0.3 is 16.4 Å². The number of nitrogens with two attached hydrogens (primary N) is 1. The number of quaternary nitrogens is 2. The maximum atomic E-state index is 12.9. The summed E-state index contributed by atoms with van der Waals surface area (Å²) in [6, 6.07) is 27.4. The molecule has 4 aromatic carbocycles. The van der Waals surface area contributed by atoms with Crippen molar-refractivity contribution in [1.82, 2.24) is 8.97 Å². The number of rotatable bonds is 7. The maximum Gasteiger partial charge on any atom is 0.255 e. The number of carbonyl (C=O) groups is 2. The molecule has 0 unspecified atom stereocenters. The van der Waals surface area contributed by atoms with E-state index in [1.807, 2.05) is 57.5 Å². The first-order valence-corrected chi connectivity index (χ1v) is 13.2. The second-order valence-corrected chi connectivity index (χ2v) is 11.7. The number of nitrogens with zero attached hydrogens (tertiary/aromatic N) is 3. The standard InChI is InChI=1S/C33H34N6O2/c1-38(2,3)28-15-12-26(13-16-28)36-32(40)23-9-7-22(8-10-23)29-17-11-24(19-25(29)21-34)33(41)37-27-14-18-31(30(35)20-27)39(4,5)6/h7-20H,35H2,1-6H3/p+2. The van der Waals surface area contributed by atoms with Gasteiger partial charge in [0.25, 0.3) is 11.8 Å². The predicted octanol–water partition coefficient (Wildman–Crippen LogP) is 5.71. The molecule has 8 heteroatoms. The van der Waals surface area contributed by atoms with E-state index in [9.17, 15) is 14.9 Å². The summed E-state index contributed by atoms with van der Waals surface area (Å²) in [7, 11) is 12.3. The molecule has 0 aliphatic carbocycles. The zero-order valence-electron chi connectivity index (χ0n) is 24.3. The van der Waals surface area contributed by atoms with Gasteiger partial charge in [-0.15, -0.1) is 0 Å². The Hall–Kier alpha value is -4.97. The Morgan fingerprint density at radius 2 is 1.24 bits per heavy atom. The van der Waals surface area contributed by atoms with Gasteiger partial charge in [-0.05, 0) is 59.7 Å². The van der Waals surface area contributed by atoms with Gasteiger partial charge in [-0.3, -0.25) is 18.6 Å². The van der Waals surface area contributed by atoms with Crippen LogP contribution in [0.25, 0.3) is 11.1 Å². The Morgan fingerprint density at radius 3 is 1.80 bits per heavy atom. The van der Waals surface area contributed by atoms with Crippen LogP contribution in [0.15, 0.2) is 84.9 Å². The van der Waals surface area contributed by atoms with Gasteiger partial charge in [0, 0.05) is 40.7 Å². The van der Waals surface area contributed by atoms with Gasteiger partial charge in [0.05, 0.1) is 59.6 Å². The van der Waals surface area contributed by atoms with Crippen LogP contribution in [-0.2, 0) is 0 Å². The minimum Gasteiger partial charge on any atom is -0.394 e. The van der Waals surface area contributed by atoms with Gasteiger partial charge in [0.1, 0.15) is 5.69 Å². The molecule has 0 saturated carbocycles. The highest BCUT2D eigenvalue weighted by Crippen LogP contribution is 2.29. The first kappa shape index (κ1) is 29.0. The zero-order chi connectivity index (χ0) is 29.9. The molecule has 0 atom stereocenters. The Morgan fingerprint density at radius 1 is 0.683 bits per heavy atom. The van der Waals surface area contributed by atoms with Crippen LogP contribution < -0.4 is 25.3 Å². The lowest BCUT2D eigenvalue weighted by atomic mass is 9.97. The molecule has 4 aromatic rings. The van der Waals surface area contributed by atoms with Crippen LogP contribution in [0, 0.1) is 11.3 Å². The third-order valence-corrected chi connectivity index (χ3v) is 6.77. The van der Waals surface area contributed by atoms with E-state index in [4.69, 9.17) is 5.73 Å². The molecule has 0 radical (unpaired) electrons. The first-order valence-electron chi connectivity index (χ1n) is 13.2. The number of hydrogen-bond donors (Lipinski definition) is 3. The summed E-state index contributed by atoms with van der Waals surface area (Å²) in [5, 5.41) is 15.6. The van der Waals surface area contributed by atoms with E-state index in [1.54, 1.807) is 48.5 Å². The largest absolute Gasteiger partial charge is 0.394 e. The van der Waals surface area contributed by atoms with Crippen molar-refractivity contribution in [2.75, 3.05) is 58.7 Å². The fraction of sp³-hybridized carbons (Fsp3) is 0.182. The van der Waals surface area contributed by atoms with Crippen LogP contribution in [-0.4, -0.2) is 54.1 Å². The van der Waals surface area contributed by atoms with E-state index in [2.05, 4.69) is 37.8 Å². The molecular weight excluding hydrogens is 512 g/mol.